The molecule has 0 N–H and O–H groups in total. The van der Waals surface area contributed by atoms with E-state index in [1.165, 1.54) is 6.07 Å². The van der Waals surface area contributed by atoms with Gasteiger partial charge in [0.15, 0.2) is 0 Å². The van der Waals surface area contributed by atoms with Crippen LogP contribution < -0.4 is 15.1 Å². The van der Waals surface area contributed by atoms with Crippen LogP contribution in [-0.2, 0) is 19.2 Å². The third-order valence-corrected chi connectivity index (χ3v) is 5.57. The summed E-state index contributed by atoms with van der Waals surface area (Å²) in [7, 11) is 0. The maximum atomic E-state index is 12.8. The van der Waals surface area contributed by atoms with E-state index < -0.39 is 36.8 Å². The summed E-state index contributed by atoms with van der Waals surface area (Å²) in [5, 5.41) is 21.8. The van der Waals surface area contributed by atoms with E-state index in [0.29, 0.717) is 15.7 Å². The van der Waals surface area contributed by atoms with E-state index in [9.17, 15) is 29.4 Å². The molecule has 26 heavy (non-hydrogen) atoms. The lowest BCUT2D eigenvalue weighted by Gasteiger charge is -2.17. The summed E-state index contributed by atoms with van der Waals surface area (Å²) in [6.07, 6.45) is 0. The first-order valence-electron chi connectivity index (χ1n) is 7.00. The summed E-state index contributed by atoms with van der Waals surface area (Å²) < 4.78 is 0.589. The number of nitrogens with zero attached hydrogens (tertiary/aromatic N) is 2. The van der Waals surface area contributed by atoms with Crippen LogP contribution in [0, 0.1) is 0 Å². The van der Waals surface area contributed by atoms with E-state index in [2.05, 4.69) is 15.9 Å². The topological polar surface area (TPSA) is 121 Å². The van der Waals surface area contributed by atoms with Crippen LogP contribution in [-0.4, -0.2) is 46.1 Å². The van der Waals surface area contributed by atoms with Gasteiger partial charge in [-0.1, -0.05) is 39.9 Å². The van der Waals surface area contributed by atoms with E-state index in [1.807, 2.05) is 0 Å². The van der Waals surface area contributed by atoms with Crippen molar-refractivity contribution in [1.29, 1.82) is 0 Å². The van der Waals surface area contributed by atoms with Crippen molar-refractivity contribution in [2.24, 2.45) is 0 Å². The number of hydrogen-bond acceptors (Lipinski definition) is 8. The summed E-state index contributed by atoms with van der Waals surface area (Å²) in [5.74, 6) is -4.39. The Morgan fingerprint density at radius 2 is 1.69 bits per heavy atom. The van der Waals surface area contributed by atoms with Crippen molar-refractivity contribution >= 4 is 79.2 Å². The largest absolute Gasteiger partial charge is 0.548 e. The van der Waals surface area contributed by atoms with Crippen LogP contribution in [0.4, 0.5) is 5.69 Å². The first-order valence-corrected chi connectivity index (χ1v) is 9.02. The molecule has 0 aliphatic carbocycles. The van der Waals surface area contributed by atoms with E-state index in [0.717, 1.165) is 21.6 Å². The second-order valence-corrected chi connectivity index (χ2v) is 7.82. The van der Waals surface area contributed by atoms with Gasteiger partial charge in [-0.2, -0.15) is 0 Å². The number of anilines is 1. The number of carboxylic acid groups (broad SMARTS) is 2. The molecule has 1 aromatic carbocycles. The van der Waals surface area contributed by atoms with Gasteiger partial charge in [0.1, 0.15) is 4.32 Å². The third-order valence-electron chi connectivity index (χ3n) is 3.63. The Morgan fingerprint density at radius 3 is 2.31 bits per heavy atom. The highest BCUT2D eigenvalue weighted by Gasteiger charge is 2.42. The number of fused-ring (bicyclic) bond motifs is 1. The Bertz CT molecular complexity index is 929. The lowest BCUT2D eigenvalue weighted by Crippen LogP contribution is -2.41. The zero-order chi connectivity index (χ0) is 19.2. The van der Waals surface area contributed by atoms with Crippen molar-refractivity contribution in [2.45, 2.75) is 0 Å². The highest BCUT2D eigenvalue weighted by molar-refractivity contribution is 9.10. The number of carboxylic acids is 2. The molecule has 134 valence electrons. The van der Waals surface area contributed by atoms with Crippen molar-refractivity contribution < 1.29 is 29.4 Å². The Kier molecular flexibility index (Phi) is 4.86. The van der Waals surface area contributed by atoms with Crippen LogP contribution >= 0.6 is 39.9 Å². The van der Waals surface area contributed by atoms with Crippen LogP contribution in [0.25, 0.3) is 5.57 Å². The molecule has 11 heteroatoms. The molecule has 2 heterocycles. The average Bonchev–Trinajstić information content (AvgIpc) is 2.95. The molecule has 0 unspecified atom stereocenters. The van der Waals surface area contributed by atoms with Gasteiger partial charge in [0.25, 0.3) is 11.8 Å². The number of thiocarbonyl (C=S) groups is 1. The molecule has 1 saturated heterocycles. The Hall–Kier alpha value is -2.24. The van der Waals surface area contributed by atoms with Crippen LogP contribution in [0.3, 0.4) is 0 Å². The molecule has 1 fully saturated rings. The molecule has 0 spiro atoms. The molecular weight excluding hydrogens is 448 g/mol. The molecule has 2 aliphatic heterocycles. The molecule has 0 aromatic heterocycles. The highest BCUT2D eigenvalue weighted by atomic mass is 79.9. The van der Waals surface area contributed by atoms with E-state index in [4.69, 9.17) is 12.2 Å². The SMILES string of the molecule is O=C([O-])CN1C(=O)/C(=C2/C(=O)N(CC(=O)[O-])c3ccc(Br)cc32)SC1=S. The number of benzene rings is 1. The van der Waals surface area contributed by atoms with Gasteiger partial charge in [-0.3, -0.25) is 14.5 Å². The zero-order valence-corrected chi connectivity index (χ0v) is 15.9. The second kappa shape index (κ2) is 6.82. The van der Waals surface area contributed by atoms with E-state index in [-0.39, 0.29) is 14.8 Å². The van der Waals surface area contributed by atoms with Crippen molar-refractivity contribution in [3.05, 3.63) is 33.1 Å². The fourth-order valence-corrected chi connectivity index (χ4v) is 4.31. The van der Waals surface area contributed by atoms with Gasteiger partial charge in [0.2, 0.25) is 0 Å². The molecule has 2 amide bonds. The van der Waals surface area contributed by atoms with Crippen molar-refractivity contribution in [3.8, 4) is 0 Å². The standard InChI is InChI=1S/C15H9BrN2O6S2/c16-6-1-2-8-7(3-6)11(13(23)17(8)4-9(19)20)12-14(24)18(5-10(21)22)15(25)26-12/h1-3H,4-5H2,(H,19,20)(H,21,22)/p-2/b12-11-. The summed E-state index contributed by atoms with van der Waals surface area (Å²) in [6, 6.07) is 4.73. The number of carbonyl (C=O) groups is 4. The van der Waals surface area contributed by atoms with Crippen LogP contribution in [0.15, 0.2) is 27.6 Å². The minimum absolute atomic E-state index is 0.0237. The molecule has 8 nitrogen and oxygen atoms in total. The number of rotatable bonds is 4. The van der Waals surface area contributed by atoms with Gasteiger partial charge >= 0.3 is 0 Å². The van der Waals surface area contributed by atoms with Crippen LogP contribution in [0.1, 0.15) is 5.56 Å². The minimum atomic E-state index is -1.49. The second-order valence-electron chi connectivity index (χ2n) is 5.26. The molecule has 0 atom stereocenters. The maximum absolute atomic E-state index is 12.8. The van der Waals surface area contributed by atoms with Crippen LogP contribution in [0.2, 0.25) is 0 Å². The first-order chi connectivity index (χ1) is 12.2. The van der Waals surface area contributed by atoms with Gasteiger partial charge in [0.05, 0.1) is 41.2 Å². The smallest absolute Gasteiger partial charge is 0.267 e. The van der Waals surface area contributed by atoms with Crippen LogP contribution in [0.5, 0.6) is 0 Å². The number of carbonyl (C=O) groups excluding carboxylic acids is 4. The normalized spacial score (nSPS) is 19.3. The maximum Gasteiger partial charge on any atom is 0.267 e. The molecule has 3 rings (SSSR count). The summed E-state index contributed by atoms with van der Waals surface area (Å²) in [4.78, 5) is 48.9. The summed E-state index contributed by atoms with van der Waals surface area (Å²) >= 11 is 9.07. The molecule has 1 aromatic rings. The lowest BCUT2D eigenvalue weighted by molar-refractivity contribution is -0.305. The number of amides is 2. The zero-order valence-electron chi connectivity index (χ0n) is 12.7. The molecular formula is C15H7BrN2O6S2-2. The van der Waals surface area contributed by atoms with Gasteiger partial charge < -0.3 is 24.7 Å². The lowest BCUT2D eigenvalue weighted by atomic mass is 10.1. The average molecular weight is 455 g/mol. The van der Waals surface area contributed by atoms with Gasteiger partial charge in [-0.05, 0) is 18.2 Å². The highest BCUT2D eigenvalue weighted by Crippen LogP contribution is 2.45. The van der Waals surface area contributed by atoms with Gasteiger partial charge in [0, 0.05) is 10.0 Å². The molecule has 0 bridgehead atoms. The van der Waals surface area contributed by atoms with E-state index >= 15 is 0 Å². The fraction of sp³-hybridized carbons (Fsp3) is 0.133. The number of halogens is 1. The quantitative estimate of drug-likeness (QED) is 0.413. The fourth-order valence-electron chi connectivity index (χ4n) is 2.62. The predicted molar refractivity (Wildman–Crippen MR) is 95.3 cm³/mol. The van der Waals surface area contributed by atoms with Crippen molar-refractivity contribution in [1.82, 2.24) is 4.90 Å². The monoisotopic (exact) mass is 454 g/mol. The molecule has 2 aliphatic rings. The number of hydrogen-bond donors (Lipinski definition) is 0. The Balaban J connectivity index is 2.14. The molecule has 0 radical (unpaired) electrons. The summed E-state index contributed by atoms with van der Waals surface area (Å²) in [5.41, 5.74) is 0.628. The van der Waals surface area contributed by atoms with Crippen molar-refractivity contribution in [2.75, 3.05) is 18.0 Å². The predicted octanol–water partition coefficient (Wildman–Crippen LogP) is -1.13. The minimum Gasteiger partial charge on any atom is -0.548 e. The van der Waals surface area contributed by atoms with Crippen molar-refractivity contribution in [3.63, 3.8) is 0 Å². The van der Waals surface area contributed by atoms with Gasteiger partial charge in [-0.25, -0.2) is 0 Å². The number of thioether (sulfide) groups is 1. The number of aliphatic carboxylic acids is 2. The van der Waals surface area contributed by atoms with E-state index in [1.54, 1.807) is 12.1 Å². The summed E-state index contributed by atoms with van der Waals surface area (Å²) in [6.45, 7) is -1.42. The van der Waals surface area contributed by atoms with Gasteiger partial charge in [-0.15, -0.1) is 0 Å². The third kappa shape index (κ3) is 3.13. The Morgan fingerprint density at radius 1 is 1.08 bits per heavy atom. The Labute approximate surface area is 164 Å². The first kappa shape index (κ1) is 18.5. The molecule has 0 saturated carbocycles.